The van der Waals surface area contributed by atoms with Crippen LogP contribution in [-0.2, 0) is 4.74 Å². The molecule has 3 heteroatoms. The SMILES string of the molecule is CNC(CCCOC)c1ccc2ccccc2n1. The predicted molar refractivity (Wildman–Crippen MR) is 74.7 cm³/mol. The van der Waals surface area contributed by atoms with Gasteiger partial charge >= 0.3 is 0 Å². The second-order valence-corrected chi connectivity index (χ2v) is 4.41. The molecule has 1 aromatic heterocycles. The van der Waals surface area contributed by atoms with Crippen LogP contribution in [0.15, 0.2) is 36.4 Å². The molecular weight excluding hydrogens is 224 g/mol. The minimum Gasteiger partial charge on any atom is -0.385 e. The van der Waals surface area contributed by atoms with Gasteiger partial charge in [0, 0.05) is 25.1 Å². The van der Waals surface area contributed by atoms with Gasteiger partial charge in [0.2, 0.25) is 0 Å². The fraction of sp³-hybridized carbons (Fsp3) is 0.400. The molecule has 96 valence electrons. The minimum absolute atomic E-state index is 0.296. The van der Waals surface area contributed by atoms with Gasteiger partial charge in [0.1, 0.15) is 0 Å². The lowest BCUT2D eigenvalue weighted by molar-refractivity contribution is 0.189. The normalized spacial score (nSPS) is 12.8. The maximum absolute atomic E-state index is 5.09. The van der Waals surface area contributed by atoms with Crippen molar-refractivity contribution in [3.63, 3.8) is 0 Å². The number of hydrogen-bond acceptors (Lipinski definition) is 3. The van der Waals surface area contributed by atoms with Crippen LogP contribution in [0.4, 0.5) is 0 Å². The molecule has 1 heterocycles. The molecule has 1 N–H and O–H groups in total. The first-order valence-electron chi connectivity index (χ1n) is 6.37. The smallest absolute Gasteiger partial charge is 0.0706 e. The van der Waals surface area contributed by atoms with E-state index in [2.05, 4.69) is 29.6 Å². The lowest BCUT2D eigenvalue weighted by atomic mass is 10.1. The number of methoxy groups -OCH3 is 1. The van der Waals surface area contributed by atoms with Gasteiger partial charge in [-0.05, 0) is 32.0 Å². The largest absolute Gasteiger partial charge is 0.385 e. The molecule has 18 heavy (non-hydrogen) atoms. The van der Waals surface area contributed by atoms with Gasteiger partial charge in [-0.3, -0.25) is 4.98 Å². The van der Waals surface area contributed by atoms with Crippen molar-refractivity contribution >= 4 is 10.9 Å². The quantitative estimate of drug-likeness (QED) is 0.793. The Hall–Kier alpha value is -1.45. The van der Waals surface area contributed by atoms with Crippen LogP contribution in [0.25, 0.3) is 10.9 Å². The summed E-state index contributed by atoms with van der Waals surface area (Å²) >= 11 is 0. The molecule has 0 aliphatic heterocycles. The number of pyridine rings is 1. The van der Waals surface area contributed by atoms with Crippen LogP contribution in [0, 0.1) is 0 Å². The predicted octanol–water partition coefficient (Wildman–Crippen LogP) is 2.92. The highest BCUT2D eigenvalue weighted by Crippen LogP contribution is 2.19. The zero-order valence-corrected chi connectivity index (χ0v) is 11.0. The van der Waals surface area contributed by atoms with E-state index in [9.17, 15) is 0 Å². The molecule has 0 amide bonds. The molecule has 1 aromatic carbocycles. The summed E-state index contributed by atoms with van der Waals surface area (Å²) in [5.41, 5.74) is 2.16. The molecule has 0 saturated heterocycles. The lowest BCUT2D eigenvalue weighted by Crippen LogP contribution is -2.18. The molecule has 0 spiro atoms. The number of aromatic nitrogens is 1. The zero-order valence-electron chi connectivity index (χ0n) is 11.0. The van der Waals surface area contributed by atoms with Crippen LogP contribution < -0.4 is 5.32 Å². The van der Waals surface area contributed by atoms with Gasteiger partial charge in [-0.2, -0.15) is 0 Å². The van der Waals surface area contributed by atoms with Crippen molar-refractivity contribution < 1.29 is 4.74 Å². The zero-order chi connectivity index (χ0) is 12.8. The Morgan fingerprint density at radius 2 is 2.06 bits per heavy atom. The third-order valence-electron chi connectivity index (χ3n) is 3.17. The first kappa shape index (κ1) is 13.0. The molecule has 2 rings (SSSR count). The van der Waals surface area contributed by atoms with Crippen LogP contribution in [0.1, 0.15) is 24.6 Å². The van der Waals surface area contributed by atoms with Crippen molar-refractivity contribution in [2.24, 2.45) is 0 Å². The molecule has 0 aliphatic rings. The van der Waals surface area contributed by atoms with E-state index >= 15 is 0 Å². The van der Waals surface area contributed by atoms with E-state index in [0.717, 1.165) is 30.7 Å². The van der Waals surface area contributed by atoms with Crippen molar-refractivity contribution in [3.05, 3.63) is 42.1 Å². The van der Waals surface area contributed by atoms with Crippen LogP contribution in [0.5, 0.6) is 0 Å². The minimum atomic E-state index is 0.296. The Kier molecular flexibility index (Phi) is 4.67. The van der Waals surface area contributed by atoms with Crippen LogP contribution in [-0.4, -0.2) is 25.7 Å². The first-order valence-corrected chi connectivity index (χ1v) is 6.37. The van der Waals surface area contributed by atoms with Crippen LogP contribution in [0.2, 0.25) is 0 Å². The molecular formula is C15H20N2O. The third-order valence-corrected chi connectivity index (χ3v) is 3.17. The highest BCUT2D eigenvalue weighted by atomic mass is 16.5. The van der Waals surface area contributed by atoms with Gasteiger partial charge in [-0.1, -0.05) is 24.3 Å². The molecule has 2 aromatic rings. The second-order valence-electron chi connectivity index (χ2n) is 4.41. The van der Waals surface area contributed by atoms with Gasteiger partial charge in [0.05, 0.1) is 11.2 Å². The Balaban J connectivity index is 2.17. The summed E-state index contributed by atoms with van der Waals surface area (Å²) < 4.78 is 5.09. The number of hydrogen-bond donors (Lipinski definition) is 1. The average Bonchev–Trinajstić information content (AvgIpc) is 2.43. The van der Waals surface area contributed by atoms with E-state index in [0.29, 0.717) is 6.04 Å². The number of rotatable bonds is 6. The van der Waals surface area contributed by atoms with E-state index < -0.39 is 0 Å². The van der Waals surface area contributed by atoms with Crippen LogP contribution in [0.3, 0.4) is 0 Å². The van der Waals surface area contributed by atoms with Crippen molar-refractivity contribution in [1.29, 1.82) is 0 Å². The Morgan fingerprint density at radius 3 is 2.83 bits per heavy atom. The summed E-state index contributed by atoms with van der Waals surface area (Å²) in [7, 11) is 3.72. The number of fused-ring (bicyclic) bond motifs is 1. The summed E-state index contributed by atoms with van der Waals surface area (Å²) in [6, 6.07) is 12.8. The maximum Gasteiger partial charge on any atom is 0.0706 e. The van der Waals surface area contributed by atoms with E-state index in [4.69, 9.17) is 9.72 Å². The highest BCUT2D eigenvalue weighted by Gasteiger charge is 2.10. The molecule has 0 saturated carbocycles. The molecule has 1 atom stereocenters. The number of nitrogens with zero attached hydrogens (tertiary/aromatic N) is 1. The number of ether oxygens (including phenoxy) is 1. The summed E-state index contributed by atoms with van der Waals surface area (Å²) in [5, 5.41) is 4.51. The Bertz CT molecular complexity index is 499. The standard InChI is InChI=1S/C15H20N2O/c1-16-14(8-5-11-18-2)15-10-9-12-6-3-4-7-13(12)17-15/h3-4,6-7,9-10,14,16H,5,8,11H2,1-2H3. The topological polar surface area (TPSA) is 34.1 Å². The third kappa shape index (κ3) is 3.06. The van der Waals surface area contributed by atoms with Crippen molar-refractivity contribution in [2.45, 2.75) is 18.9 Å². The number of nitrogens with one attached hydrogen (secondary N) is 1. The summed E-state index contributed by atoms with van der Waals surface area (Å²) in [6.07, 6.45) is 2.08. The van der Waals surface area contributed by atoms with Gasteiger partial charge in [0.25, 0.3) is 0 Å². The molecule has 0 bridgehead atoms. The number of para-hydroxylation sites is 1. The van der Waals surface area contributed by atoms with E-state index in [1.807, 2.05) is 19.2 Å². The van der Waals surface area contributed by atoms with Crippen molar-refractivity contribution in [1.82, 2.24) is 10.3 Å². The fourth-order valence-electron chi connectivity index (χ4n) is 2.15. The van der Waals surface area contributed by atoms with Gasteiger partial charge < -0.3 is 10.1 Å². The Morgan fingerprint density at radius 1 is 1.22 bits per heavy atom. The maximum atomic E-state index is 5.09. The Labute approximate surface area is 108 Å². The fourth-order valence-corrected chi connectivity index (χ4v) is 2.15. The molecule has 0 fully saturated rings. The lowest BCUT2D eigenvalue weighted by Gasteiger charge is -2.15. The monoisotopic (exact) mass is 244 g/mol. The van der Waals surface area contributed by atoms with E-state index in [-0.39, 0.29) is 0 Å². The summed E-state index contributed by atoms with van der Waals surface area (Å²) in [6.45, 7) is 0.797. The van der Waals surface area contributed by atoms with Gasteiger partial charge in [0.15, 0.2) is 0 Å². The highest BCUT2D eigenvalue weighted by molar-refractivity contribution is 5.78. The van der Waals surface area contributed by atoms with Gasteiger partial charge in [-0.15, -0.1) is 0 Å². The molecule has 0 aliphatic carbocycles. The summed E-state index contributed by atoms with van der Waals surface area (Å²) in [4.78, 5) is 4.72. The van der Waals surface area contributed by atoms with Crippen LogP contribution >= 0.6 is 0 Å². The van der Waals surface area contributed by atoms with Crippen molar-refractivity contribution in [3.8, 4) is 0 Å². The first-order chi connectivity index (χ1) is 8.85. The van der Waals surface area contributed by atoms with Gasteiger partial charge in [-0.25, -0.2) is 0 Å². The molecule has 1 unspecified atom stereocenters. The second kappa shape index (κ2) is 6.47. The summed E-state index contributed by atoms with van der Waals surface area (Å²) in [5.74, 6) is 0. The van der Waals surface area contributed by atoms with E-state index in [1.165, 1.54) is 5.39 Å². The molecule has 0 radical (unpaired) electrons. The van der Waals surface area contributed by atoms with E-state index in [1.54, 1.807) is 7.11 Å². The average molecular weight is 244 g/mol. The van der Waals surface area contributed by atoms with Crippen molar-refractivity contribution in [2.75, 3.05) is 20.8 Å². The molecule has 3 nitrogen and oxygen atoms in total. The number of benzene rings is 1.